The van der Waals surface area contributed by atoms with Crippen LogP contribution < -0.4 is 0 Å². The van der Waals surface area contributed by atoms with Crippen LogP contribution in [-0.4, -0.2) is 0 Å². The minimum Gasteiger partial charge on any atom is -0.0596 e. The first kappa shape index (κ1) is 8.80. The molecule has 0 fully saturated rings. The Morgan fingerprint density at radius 1 is 1.15 bits per heavy atom. The van der Waals surface area contributed by atoms with Crippen LogP contribution in [0.1, 0.15) is 37.0 Å². The van der Waals surface area contributed by atoms with Crippen molar-refractivity contribution in [2.75, 3.05) is 0 Å². The molecule has 1 aromatic carbocycles. The van der Waals surface area contributed by atoms with Gasteiger partial charge in [0, 0.05) is 0 Å². The first-order valence-electron chi connectivity index (χ1n) is 5.15. The van der Waals surface area contributed by atoms with E-state index in [2.05, 4.69) is 39.0 Å². The zero-order valence-electron chi connectivity index (χ0n) is 8.85. The first-order chi connectivity index (χ1) is 6.07. The molecule has 0 atom stereocenters. The van der Waals surface area contributed by atoms with E-state index in [1.54, 1.807) is 11.1 Å². The van der Waals surface area contributed by atoms with E-state index in [1.807, 2.05) is 0 Å². The smallest absolute Gasteiger partial charge is 0.0224 e. The maximum atomic E-state index is 2.37. The summed E-state index contributed by atoms with van der Waals surface area (Å²) in [5.41, 5.74) is 5.07. The highest BCUT2D eigenvalue weighted by Crippen LogP contribution is 2.34. The molecule has 1 aromatic rings. The highest BCUT2D eigenvalue weighted by Gasteiger charge is 2.24. The van der Waals surface area contributed by atoms with Crippen molar-refractivity contribution in [3.05, 3.63) is 34.9 Å². The van der Waals surface area contributed by atoms with Gasteiger partial charge < -0.3 is 0 Å². The number of hydrogen-bond donors (Lipinski definition) is 0. The monoisotopic (exact) mass is 174 g/mol. The van der Waals surface area contributed by atoms with E-state index < -0.39 is 0 Å². The standard InChI is InChI=1S/C13H18/c1-10-4-5-11-6-7-13(2,3)9-12(11)8-10/h4-5,8H,6-7,9H2,1-3H3. The van der Waals surface area contributed by atoms with Gasteiger partial charge in [-0.15, -0.1) is 0 Å². The van der Waals surface area contributed by atoms with Crippen LogP contribution >= 0.6 is 0 Å². The molecule has 2 rings (SSSR count). The van der Waals surface area contributed by atoms with Gasteiger partial charge in [-0.1, -0.05) is 37.6 Å². The lowest BCUT2D eigenvalue weighted by Gasteiger charge is -2.31. The summed E-state index contributed by atoms with van der Waals surface area (Å²) in [5.74, 6) is 0. The third-order valence-corrected chi connectivity index (χ3v) is 3.10. The van der Waals surface area contributed by atoms with Crippen molar-refractivity contribution in [1.29, 1.82) is 0 Å². The topological polar surface area (TPSA) is 0 Å². The molecule has 0 bridgehead atoms. The van der Waals surface area contributed by atoms with Crippen LogP contribution in [0.3, 0.4) is 0 Å². The lowest BCUT2D eigenvalue weighted by molar-refractivity contribution is 0.315. The van der Waals surface area contributed by atoms with E-state index in [9.17, 15) is 0 Å². The van der Waals surface area contributed by atoms with E-state index in [-0.39, 0.29) is 0 Å². The molecule has 0 unspecified atom stereocenters. The summed E-state index contributed by atoms with van der Waals surface area (Å²) >= 11 is 0. The van der Waals surface area contributed by atoms with Crippen molar-refractivity contribution in [2.24, 2.45) is 5.41 Å². The SMILES string of the molecule is Cc1ccc2c(c1)CC(C)(C)CC2. The summed E-state index contributed by atoms with van der Waals surface area (Å²) in [5, 5.41) is 0. The summed E-state index contributed by atoms with van der Waals surface area (Å²) in [7, 11) is 0. The lowest BCUT2D eigenvalue weighted by atomic mass is 9.74. The van der Waals surface area contributed by atoms with Crippen LogP contribution in [-0.2, 0) is 12.8 Å². The van der Waals surface area contributed by atoms with E-state index in [0.29, 0.717) is 5.41 Å². The van der Waals surface area contributed by atoms with E-state index in [1.165, 1.54) is 24.8 Å². The van der Waals surface area contributed by atoms with Crippen molar-refractivity contribution in [1.82, 2.24) is 0 Å². The highest BCUT2D eigenvalue weighted by molar-refractivity contribution is 5.34. The minimum atomic E-state index is 0.515. The van der Waals surface area contributed by atoms with Gasteiger partial charge in [0.15, 0.2) is 0 Å². The largest absolute Gasteiger partial charge is 0.0596 e. The third kappa shape index (κ3) is 1.77. The van der Waals surface area contributed by atoms with Gasteiger partial charge in [-0.2, -0.15) is 0 Å². The summed E-state index contributed by atoms with van der Waals surface area (Å²) in [4.78, 5) is 0. The van der Waals surface area contributed by atoms with Gasteiger partial charge in [0.2, 0.25) is 0 Å². The van der Waals surface area contributed by atoms with Crippen molar-refractivity contribution in [3.8, 4) is 0 Å². The Morgan fingerprint density at radius 2 is 1.92 bits per heavy atom. The zero-order valence-corrected chi connectivity index (χ0v) is 8.85. The molecule has 0 amide bonds. The summed E-state index contributed by atoms with van der Waals surface area (Å²) in [6.07, 6.45) is 3.86. The fourth-order valence-corrected chi connectivity index (χ4v) is 2.24. The van der Waals surface area contributed by atoms with Gasteiger partial charge in [-0.05, 0) is 42.7 Å². The van der Waals surface area contributed by atoms with Gasteiger partial charge in [0.25, 0.3) is 0 Å². The molecular formula is C13H18. The Kier molecular flexibility index (Phi) is 1.94. The molecule has 0 nitrogen and oxygen atoms in total. The number of aryl methyl sites for hydroxylation is 2. The normalized spacial score (nSPS) is 19.6. The first-order valence-corrected chi connectivity index (χ1v) is 5.15. The molecule has 0 saturated carbocycles. The summed E-state index contributed by atoms with van der Waals surface area (Å²) in [6, 6.07) is 6.90. The molecule has 0 aromatic heterocycles. The summed E-state index contributed by atoms with van der Waals surface area (Å²) in [6.45, 7) is 6.93. The second-order valence-electron chi connectivity index (χ2n) is 5.11. The van der Waals surface area contributed by atoms with Crippen LogP contribution in [0.15, 0.2) is 18.2 Å². The van der Waals surface area contributed by atoms with Crippen LogP contribution in [0.4, 0.5) is 0 Å². The molecule has 0 aliphatic heterocycles. The van der Waals surface area contributed by atoms with Gasteiger partial charge in [0.05, 0.1) is 0 Å². The van der Waals surface area contributed by atoms with E-state index in [4.69, 9.17) is 0 Å². The fourth-order valence-electron chi connectivity index (χ4n) is 2.24. The second-order valence-corrected chi connectivity index (χ2v) is 5.11. The molecule has 0 N–H and O–H groups in total. The highest BCUT2D eigenvalue weighted by atomic mass is 14.3. The van der Waals surface area contributed by atoms with Crippen LogP contribution in [0.2, 0.25) is 0 Å². The molecule has 13 heavy (non-hydrogen) atoms. The van der Waals surface area contributed by atoms with Crippen LogP contribution in [0, 0.1) is 12.3 Å². The van der Waals surface area contributed by atoms with Crippen molar-refractivity contribution < 1.29 is 0 Å². The Labute approximate surface area is 81.0 Å². The molecule has 0 spiro atoms. The summed E-state index contributed by atoms with van der Waals surface area (Å²) < 4.78 is 0. The van der Waals surface area contributed by atoms with Crippen molar-refractivity contribution >= 4 is 0 Å². The Bertz CT molecular complexity index is 321. The average molecular weight is 174 g/mol. The molecule has 0 heteroatoms. The molecule has 70 valence electrons. The van der Waals surface area contributed by atoms with Crippen molar-refractivity contribution in [2.45, 2.75) is 40.0 Å². The van der Waals surface area contributed by atoms with Crippen LogP contribution in [0.25, 0.3) is 0 Å². The number of benzene rings is 1. The Hall–Kier alpha value is -0.780. The van der Waals surface area contributed by atoms with Gasteiger partial charge in [0.1, 0.15) is 0 Å². The Balaban J connectivity index is 2.38. The predicted molar refractivity (Wildman–Crippen MR) is 57.0 cm³/mol. The minimum absolute atomic E-state index is 0.515. The molecular weight excluding hydrogens is 156 g/mol. The zero-order chi connectivity index (χ0) is 9.47. The number of rotatable bonds is 0. The van der Waals surface area contributed by atoms with E-state index in [0.717, 1.165) is 0 Å². The number of hydrogen-bond acceptors (Lipinski definition) is 0. The molecule has 0 saturated heterocycles. The molecule has 0 heterocycles. The molecule has 1 aliphatic rings. The quantitative estimate of drug-likeness (QED) is 0.564. The van der Waals surface area contributed by atoms with Crippen molar-refractivity contribution in [3.63, 3.8) is 0 Å². The Morgan fingerprint density at radius 3 is 2.69 bits per heavy atom. The maximum Gasteiger partial charge on any atom is -0.0224 e. The second kappa shape index (κ2) is 2.87. The van der Waals surface area contributed by atoms with Gasteiger partial charge in [-0.25, -0.2) is 0 Å². The van der Waals surface area contributed by atoms with Gasteiger partial charge in [-0.3, -0.25) is 0 Å². The lowest BCUT2D eigenvalue weighted by Crippen LogP contribution is -2.22. The predicted octanol–water partition coefficient (Wildman–Crippen LogP) is 3.51. The molecule has 1 aliphatic carbocycles. The third-order valence-electron chi connectivity index (χ3n) is 3.10. The fraction of sp³-hybridized carbons (Fsp3) is 0.538. The molecule has 0 radical (unpaired) electrons. The van der Waals surface area contributed by atoms with Gasteiger partial charge >= 0.3 is 0 Å². The number of fused-ring (bicyclic) bond motifs is 1. The van der Waals surface area contributed by atoms with E-state index >= 15 is 0 Å². The van der Waals surface area contributed by atoms with Crippen LogP contribution in [0.5, 0.6) is 0 Å². The average Bonchev–Trinajstić information content (AvgIpc) is 2.01. The maximum absolute atomic E-state index is 2.37.